The third kappa shape index (κ3) is 4.10. The van der Waals surface area contributed by atoms with E-state index in [0.29, 0.717) is 12.5 Å². The van der Waals surface area contributed by atoms with Crippen LogP contribution in [0.4, 0.5) is 0 Å². The van der Waals surface area contributed by atoms with Gasteiger partial charge < -0.3 is 4.90 Å². The van der Waals surface area contributed by atoms with E-state index in [-0.39, 0.29) is 5.91 Å². The topological polar surface area (TPSA) is 36.4 Å². The van der Waals surface area contributed by atoms with E-state index in [1.807, 2.05) is 24.4 Å². The monoisotopic (exact) mass is 399 g/mol. The first-order valence-corrected chi connectivity index (χ1v) is 11.2. The van der Waals surface area contributed by atoms with Crippen molar-refractivity contribution in [3.05, 3.63) is 77.5 Å². The summed E-state index contributed by atoms with van der Waals surface area (Å²) in [7, 11) is 0. The number of aryl methyl sites for hydroxylation is 1. The second-order valence-corrected chi connectivity index (χ2v) is 8.64. The van der Waals surface area contributed by atoms with Gasteiger partial charge in [0.05, 0.1) is 5.52 Å². The minimum Gasteiger partial charge on any atom is -0.343 e. The number of amides is 1. The van der Waals surface area contributed by atoms with Crippen LogP contribution in [0.3, 0.4) is 0 Å². The molecule has 4 heteroatoms. The van der Waals surface area contributed by atoms with E-state index in [1.54, 1.807) is 0 Å². The van der Waals surface area contributed by atoms with Gasteiger partial charge in [-0.05, 0) is 54.5 Å². The fourth-order valence-corrected chi connectivity index (χ4v) is 4.97. The van der Waals surface area contributed by atoms with Gasteiger partial charge in [0, 0.05) is 50.2 Å². The largest absolute Gasteiger partial charge is 0.343 e. The van der Waals surface area contributed by atoms with Crippen LogP contribution in [0.25, 0.3) is 10.9 Å². The van der Waals surface area contributed by atoms with E-state index in [0.717, 1.165) is 68.3 Å². The Morgan fingerprint density at radius 3 is 2.60 bits per heavy atom. The number of piperidine rings is 1. The summed E-state index contributed by atoms with van der Waals surface area (Å²) in [6.45, 7) is 3.98. The molecule has 30 heavy (non-hydrogen) atoms. The van der Waals surface area contributed by atoms with Crippen LogP contribution in [0, 0.1) is 0 Å². The molecule has 1 fully saturated rings. The summed E-state index contributed by atoms with van der Waals surface area (Å²) < 4.78 is 0. The summed E-state index contributed by atoms with van der Waals surface area (Å²) in [6, 6.07) is 19.7. The number of para-hydroxylation sites is 1. The van der Waals surface area contributed by atoms with E-state index in [1.165, 1.54) is 11.1 Å². The summed E-state index contributed by atoms with van der Waals surface area (Å²) in [4.78, 5) is 22.0. The van der Waals surface area contributed by atoms with Gasteiger partial charge in [-0.2, -0.15) is 0 Å². The number of carbonyl (C=O) groups excluding carboxylic acids is 1. The molecule has 0 N–H and O–H groups in total. The van der Waals surface area contributed by atoms with Crippen LogP contribution < -0.4 is 0 Å². The van der Waals surface area contributed by atoms with Crippen LogP contribution in [0.1, 0.15) is 36.0 Å². The fourth-order valence-electron chi connectivity index (χ4n) is 4.97. The highest BCUT2D eigenvalue weighted by Crippen LogP contribution is 2.25. The Labute approximate surface area is 178 Å². The molecule has 2 aliphatic heterocycles. The highest BCUT2D eigenvalue weighted by molar-refractivity contribution is 5.79. The van der Waals surface area contributed by atoms with E-state index in [9.17, 15) is 4.79 Å². The van der Waals surface area contributed by atoms with Gasteiger partial charge in [-0.3, -0.25) is 14.7 Å². The van der Waals surface area contributed by atoms with Gasteiger partial charge in [0.25, 0.3) is 0 Å². The predicted molar refractivity (Wildman–Crippen MR) is 120 cm³/mol. The normalized spacial score (nSPS) is 17.8. The Morgan fingerprint density at radius 1 is 0.967 bits per heavy atom. The van der Waals surface area contributed by atoms with E-state index in [4.69, 9.17) is 0 Å². The summed E-state index contributed by atoms with van der Waals surface area (Å²) >= 11 is 0. The molecule has 0 aliphatic carbocycles. The Balaban J connectivity index is 1.12. The third-order valence-corrected chi connectivity index (χ3v) is 6.77. The van der Waals surface area contributed by atoms with Crippen molar-refractivity contribution in [3.63, 3.8) is 0 Å². The van der Waals surface area contributed by atoms with Crippen molar-refractivity contribution in [2.75, 3.05) is 19.6 Å². The van der Waals surface area contributed by atoms with Gasteiger partial charge in [-0.15, -0.1) is 0 Å². The molecule has 0 spiro atoms. The van der Waals surface area contributed by atoms with Gasteiger partial charge in [0.15, 0.2) is 0 Å². The molecule has 5 rings (SSSR count). The number of aromatic nitrogens is 1. The highest BCUT2D eigenvalue weighted by Gasteiger charge is 2.28. The summed E-state index contributed by atoms with van der Waals surface area (Å²) in [5.41, 5.74) is 5.13. The minimum absolute atomic E-state index is 0.283. The van der Waals surface area contributed by atoms with Crippen molar-refractivity contribution >= 4 is 16.8 Å². The Bertz CT molecular complexity index is 1040. The smallest absolute Gasteiger partial charge is 0.222 e. The number of likely N-dealkylation sites (tertiary alicyclic amines) is 1. The van der Waals surface area contributed by atoms with Crippen LogP contribution in [0.2, 0.25) is 0 Å². The van der Waals surface area contributed by atoms with E-state index >= 15 is 0 Å². The van der Waals surface area contributed by atoms with Gasteiger partial charge in [-0.25, -0.2) is 0 Å². The summed E-state index contributed by atoms with van der Waals surface area (Å²) in [5.74, 6) is 0.283. The van der Waals surface area contributed by atoms with E-state index < -0.39 is 0 Å². The summed E-state index contributed by atoms with van der Waals surface area (Å²) in [6.07, 6.45) is 6.57. The minimum atomic E-state index is 0.283. The molecule has 0 radical (unpaired) electrons. The average Bonchev–Trinajstić information content (AvgIpc) is 2.82. The molecule has 3 aromatic rings. The molecule has 0 atom stereocenters. The molecule has 4 nitrogen and oxygen atoms in total. The van der Waals surface area contributed by atoms with Crippen molar-refractivity contribution in [2.45, 2.75) is 44.7 Å². The maximum absolute atomic E-state index is 12.8. The second-order valence-electron chi connectivity index (χ2n) is 8.64. The molecular formula is C26H29N3O. The van der Waals surface area contributed by atoms with Crippen LogP contribution in [-0.2, 0) is 24.2 Å². The number of hydrogen-bond donors (Lipinski definition) is 0. The van der Waals surface area contributed by atoms with E-state index in [2.05, 4.69) is 51.2 Å². The number of pyridine rings is 1. The number of rotatable bonds is 4. The van der Waals surface area contributed by atoms with Crippen LogP contribution >= 0.6 is 0 Å². The van der Waals surface area contributed by atoms with Crippen molar-refractivity contribution < 1.29 is 4.79 Å². The van der Waals surface area contributed by atoms with Crippen molar-refractivity contribution in [3.8, 4) is 0 Å². The number of nitrogens with zero attached hydrogens (tertiary/aromatic N) is 3. The lowest BCUT2D eigenvalue weighted by atomic mass is 9.95. The molecule has 2 aromatic carbocycles. The first kappa shape index (κ1) is 19.3. The molecule has 0 saturated carbocycles. The van der Waals surface area contributed by atoms with Gasteiger partial charge >= 0.3 is 0 Å². The Morgan fingerprint density at radius 2 is 1.73 bits per heavy atom. The zero-order chi connectivity index (χ0) is 20.3. The van der Waals surface area contributed by atoms with Gasteiger partial charge in [0.2, 0.25) is 5.91 Å². The Hall–Kier alpha value is -2.72. The molecule has 1 aromatic heterocycles. The van der Waals surface area contributed by atoms with Gasteiger partial charge in [0.1, 0.15) is 0 Å². The number of carbonyl (C=O) groups is 1. The standard InChI is InChI=1S/C26H29N3O/c30-26(10-9-20-17-22-6-3-4-8-25(22)27-18-20)28-15-12-24(13-16-28)29-14-11-21-5-1-2-7-23(21)19-29/h1-8,17-18,24H,9-16,19H2. The third-order valence-electron chi connectivity index (χ3n) is 6.77. The van der Waals surface area contributed by atoms with Crippen molar-refractivity contribution in [1.29, 1.82) is 0 Å². The lowest BCUT2D eigenvalue weighted by molar-refractivity contribution is -0.132. The zero-order valence-corrected chi connectivity index (χ0v) is 17.5. The lowest BCUT2D eigenvalue weighted by Gasteiger charge is -2.40. The Kier molecular flexibility index (Phi) is 5.50. The lowest BCUT2D eigenvalue weighted by Crippen LogP contribution is -2.48. The predicted octanol–water partition coefficient (Wildman–Crippen LogP) is 4.22. The number of benzene rings is 2. The maximum atomic E-state index is 12.8. The molecule has 1 saturated heterocycles. The number of fused-ring (bicyclic) bond motifs is 2. The van der Waals surface area contributed by atoms with Crippen LogP contribution in [0.5, 0.6) is 0 Å². The van der Waals surface area contributed by atoms with Crippen LogP contribution in [0.15, 0.2) is 60.8 Å². The molecule has 2 aliphatic rings. The fraction of sp³-hybridized carbons (Fsp3) is 0.385. The average molecular weight is 400 g/mol. The SMILES string of the molecule is O=C(CCc1cnc2ccccc2c1)N1CCC(N2CCc3ccccc3C2)CC1. The van der Waals surface area contributed by atoms with Gasteiger partial charge in [-0.1, -0.05) is 42.5 Å². The first-order valence-electron chi connectivity index (χ1n) is 11.2. The number of hydrogen-bond acceptors (Lipinski definition) is 3. The van der Waals surface area contributed by atoms with Crippen molar-refractivity contribution in [1.82, 2.24) is 14.8 Å². The molecule has 0 unspecified atom stereocenters. The van der Waals surface area contributed by atoms with Crippen molar-refractivity contribution in [2.24, 2.45) is 0 Å². The maximum Gasteiger partial charge on any atom is 0.222 e. The first-order chi connectivity index (χ1) is 14.8. The highest BCUT2D eigenvalue weighted by atomic mass is 16.2. The molecular weight excluding hydrogens is 370 g/mol. The molecule has 0 bridgehead atoms. The molecule has 154 valence electrons. The summed E-state index contributed by atoms with van der Waals surface area (Å²) in [5, 5.41) is 1.14. The quantitative estimate of drug-likeness (QED) is 0.659. The molecule has 1 amide bonds. The van der Waals surface area contributed by atoms with Crippen LogP contribution in [-0.4, -0.2) is 46.4 Å². The second kappa shape index (κ2) is 8.57. The molecule has 3 heterocycles. The zero-order valence-electron chi connectivity index (χ0n) is 17.5.